The summed E-state index contributed by atoms with van der Waals surface area (Å²) in [6, 6.07) is 2.15. The molecule has 0 aliphatic rings. The number of amides is 1. The number of nitrogens with zero attached hydrogens (tertiary/aromatic N) is 3. The molecule has 3 rings (SSSR count). The van der Waals surface area contributed by atoms with Crippen molar-refractivity contribution in [1.82, 2.24) is 15.0 Å². The van der Waals surface area contributed by atoms with Crippen LogP contribution in [0.5, 0.6) is 0 Å². The molecular weight excluding hydrogens is 342 g/mol. The first kappa shape index (κ1) is 15.9. The van der Waals surface area contributed by atoms with Crippen molar-refractivity contribution in [2.45, 2.75) is 17.8 Å². The molecule has 2 heterocycles. The van der Waals surface area contributed by atoms with Gasteiger partial charge in [0, 0.05) is 37.2 Å². The van der Waals surface area contributed by atoms with E-state index < -0.39 is 11.6 Å². The maximum Gasteiger partial charge on any atom is 0.225 e. The van der Waals surface area contributed by atoms with E-state index in [9.17, 15) is 13.6 Å². The molecule has 1 N–H and O–H groups in total. The van der Waals surface area contributed by atoms with Gasteiger partial charge in [0.05, 0.1) is 16.7 Å². The third-order valence-electron chi connectivity index (χ3n) is 3.16. The first-order chi connectivity index (χ1) is 10.9. The highest BCUT2D eigenvalue weighted by Gasteiger charge is 2.12. The minimum absolute atomic E-state index is 0.0834. The molecule has 0 aliphatic carbocycles. The summed E-state index contributed by atoms with van der Waals surface area (Å²) in [5.74, 6) is -1.38. The third-order valence-corrected chi connectivity index (χ3v) is 5.03. The second-order valence-corrected chi connectivity index (χ2v) is 6.61. The summed E-state index contributed by atoms with van der Waals surface area (Å²) in [5.41, 5.74) is 1.63. The van der Waals surface area contributed by atoms with Gasteiger partial charge in [0.2, 0.25) is 5.91 Å². The van der Waals surface area contributed by atoms with Crippen LogP contribution in [0.2, 0.25) is 0 Å². The number of halogens is 2. The molecule has 9 heteroatoms. The Morgan fingerprint density at radius 2 is 2.09 bits per heavy atom. The number of aromatic nitrogens is 3. The lowest BCUT2D eigenvalue weighted by molar-refractivity contribution is -0.116. The lowest BCUT2D eigenvalue weighted by atomic mass is 10.3. The van der Waals surface area contributed by atoms with Crippen LogP contribution >= 0.6 is 23.1 Å². The predicted octanol–water partition coefficient (Wildman–Crippen LogP) is 3.57. The van der Waals surface area contributed by atoms with E-state index in [4.69, 9.17) is 0 Å². The molecule has 0 radical (unpaired) electrons. The van der Waals surface area contributed by atoms with Crippen LogP contribution in [-0.2, 0) is 10.5 Å². The van der Waals surface area contributed by atoms with Crippen molar-refractivity contribution in [3.05, 3.63) is 34.8 Å². The summed E-state index contributed by atoms with van der Waals surface area (Å²) < 4.78 is 26.4. The van der Waals surface area contributed by atoms with Gasteiger partial charge >= 0.3 is 0 Å². The van der Waals surface area contributed by atoms with Gasteiger partial charge in [0.15, 0.2) is 21.9 Å². The number of fused-ring (bicyclic) bond motifs is 1. The fraction of sp³-hybridized carbons (Fsp3) is 0.214. The van der Waals surface area contributed by atoms with Crippen molar-refractivity contribution in [3.63, 3.8) is 0 Å². The molecule has 0 saturated carbocycles. The first-order valence-corrected chi connectivity index (χ1v) is 8.47. The summed E-state index contributed by atoms with van der Waals surface area (Å²) in [6.45, 7) is 1.47. The summed E-state index contributed by atoms with van der Waals surface area (Å²) in [6.07, 6.45) is 0. The van der Waals surface area contributed by atoms with Gasteiger partial charge in [-0.15, -0.1) is 11.3 Å². The lowest BCUT2D eigenvalue weighted by Crippen LogP contribution is -2.22. The van der Waals surface area contributed by atoms with E-state index in [0.29, 0.717) is 27.1 Å². The minimum Gasteiger partial charge on any atom is -0.333 e. The number of hydrogen-bond donors (Lipinski definition) is 1. The number of H-pyrrole nitrogens is 1. The first-order valence-electron chi connectivity index (χ1n) is 6.60. The molecule has 0 saturated heterocycles. The van der Waals surface area contributed by atoms with Crippen LogP contribution in [0.15, 0.2) is 22.7 Å². The Hall–Kier alpha value is -2.00. The number of thioether (sulfide) groups is 1. The fourth-order valence-electron chi connectivity index (χ4n) is 1.84. The van der Waals surface area contributed by atoms with Crippen LogP contribution in [0.3, 0.4) is 0 Å². The quantitative estimate of drug-likeness (QED) is 0.728. The van der Waals surface area contributed by atoms with Crippen LogP contribution < -0.4 is 4.90 Å². The normalized spacial score (nSPS) is 11.1. The second-order valence-electron chi connectivity index (χ2n) is 4.81. The van der Waals surface area contributed by atoms with Gasteiger partial charge in [-0.25, -0.2) is 18.7 Å². The van der Waals surface area contributed by atoms with Gasteiger partial charge in [-0.1, -0.05) is 11.8 Å². The van der Waals surface area contributed by atoms with Crippen molar-refractivity contribution < 1.29 is 13.6 Å². The number of anilines is 1. The zero-order valence-corrected chi connectivity index (χ0v) is 13.9. The van der Waals surface area contributed by atoms with Crippen LogP contribution in [0.4, 0.5) is 13.9 Å². The Morgan fingerprint density at radius 3 is 2.83 bits per heavy atom. The van der Waals surface area contributed by atoms with E-state index in [1.807, 2.05) is 5.38 Å². The summed E-state index contributed by atoms with van der Waals surface area (Å²) >= 11 is 2.75. The van der Waals surface area contributed by atoms with Crippen molar-refractivity contribution in [2.75, 3.05) is 11.9 Å². The number of aromatic amines is 1. The summed E-state index contributed by atoms with van der Waals surface area (Å²) in [5, 5.41) is 3.05. The van der Waals surface area contributed by atoms with E-state index in [2.05, 4.69) is 15.0 Å². The zero-order chi connectivity index (χ0) is 16.6. The van der Waals surface area contributed by atoms with Crippen molar-refractivity contribution in [1.29, 1.82) is 0 Å². The maximum atomic E-state index is 13.2. The van der Waals surface area contributed by atoms with Crippen LogP contribution in [0, 0.1) is 11.6 Å². The van der Waals surface area contributed by atoms with E-state index in [-0.39, 0.29) is 5.91 Å². The van der Waals surface area contributed by atoms with E-state index >= 15 is 0 Å². The number of nitrogens with one attached hydrogen (secondary N) is 1. The van der Waals surface area contributed by atoms with Crippen molar-refractivity contribution >= 4 is 45.2 Å². The molecule has 120 valence electrons. The average Bonchev–Trinajstić information content (AvgIpc) is 3.11. The number of benzene rings is 1. The smallest absolute Gasteiger partial charge is 0.225 e. The molecule has 1 aromatic carbocycles. The van der Waals surface area contributed by atoms with Gasteiger partial charge in [-0.05, 0) is 0 Å². The number of carbonyl (C=O) groups is 1. The molecule has 0 bridgehead atoms. The number of imidazole rings is 1. The van der Waals surface area contributed by atoms with Crippen LogP contribution in [0.1, 0.15) is 12.6 Å². The topological polar surface area (TPSA) is 61.9 Å². The SMILES string of the molecule is CC(=O)N(C)c1nc(CSc2nc3cc(F)c(F)cc3[nH]2)cs1. The highest BCUT2D eigenvalue weighted by molar-refractivity contribution is 7.98. The Morgan fingerprint density at radius 1 is 1.35 bits per heavy atom. The molecule has 1 amide bonds. The Labute approximate surface area is 138 Å². The van der Waals surface area contributed by atoms with Gasteiger partial charge in [-0.2, -0.15) is 0 Å². The molecule has 5 nitrogen and oxygen atoms in total. The predicted molar refractivity (Wildman–Crippen MR) is 86.8 cm³/mol. The second kappa shape index (κ2) is 6.25. The van der Waals surface area contributed by atoms with E-state index in [0.717, 1.165) is 17.8 Å². The zero-order valence-electron chi connectivity index (χ0n) is 12.3. The molecule has 2 aromatic heterocycles. The van der Waals surface area contributed by atoms with Crippen molar-refractivity contribution in [2.24, 2.45) is 0 Å². The van der Waals surface area contributed by atoms with Crippen LogP contribution in [0.25, 0.3) is 11.0 Å². The Kier molecular flexibility index (Phi) is 4.31. The maximum absolute atomic E-state index is 13.2. The Bertz CT molecular complexity index is 838. The highest BCUT2D eigenvalue weighted by atomic mass is 32.2. The molecular formula is C14H12F2N4OS2. The lowest BCUT2D eigenvalue weighted by Gasteiger charge is -2.09. The largest absolute Gasteiger partial charge is 0.333 e. The van der Waals surface area contributed by atoms with Crippen LogP contribution in [-0.4, -0.2) is 27.9 Å². The number of carbonyl (C=O) groups excluding carboxylic acids is 1. The Balaban J connectivity index is 1.72. The molecule has 0 fully saturated rings. The standard InChI is InChI=1S/C14H12F2N4OS2/c1-7(21)20(2)14-17-8(6-23-14)5-22-13-18-11-3-9(15)10(16)4-12(11)19-13/h3-4,6H,5H2,1-2H3,(H,18,19). The minimum atomic E-state index is -0.919. The monoisotopic (exact) mass is 354 g/mol. The average molecular weight is 354 g/mol. The van der Waals surface area contributed by atoms with Gasteiger partial charge in [0.25, 0.3) is 0 Å². The molecule has 0 atom stereocenters. The summed E-state index contributed by atoms with van der Waals surface area (Å²) in [7, 11) is 1.67. The molecule has 0 unspecified atom stereocenters. The van der Waals surface area contributed by atoms with Gasteiger partial charge in [0.1, 0.15) is 0 Å². The molecule has 0 aliphatic heterocycles. The number of rotatable bonds is 4. The van der Waals surface area contributed by atoms with Gasteiger partial charge in [-0.3, -0.25) is 9.69 Å². The third kappa shape index (κ3) is 3.35. The van der Waals surface area contributed by atoms with E-state index in [1.165, 1.54) is 34.9 Å². The molecule has 3 aromatic rings. The number of hydrogen-bond acceptors (Lipinski definition) is 5. The van der Waals surface area contributed by atoms with Crippen molar-refractivity contribution in [3.8, 4) is 0 Å². The molecule has 23 heavy (non-hydrogen) atoms. The van der Waals surface area contributed by atoms with E-state index in [1.54, 1.807) is 7.05 Å². The fourth-order valence-corrected chi connectivity index (χ4v) is 3.56. The highest BCUT2D eigenvalue weighted by Crippen LogP contribution is 2.27. The molecule has 0 spiro atoms. The number of thiazole rings is 1. The summed E-state index contributed by atoms with van der Waals surface area (Å²) in [4.78, 5) is 24.3. The van der Waals surface area contributed by atoms with Gasteiger partial charge < -0.3 is 4.98 Å².